The Balaban J connectivity index is 1.66. The molecule has 2 N–H and O–H groups in total. The fraction of sp³-hybridized carbons (Fsp3) is 0.870. The zero-order valence-corrected chi connectivity index (χ0v) is 18.9. The smallest absolute Gasteiger partial charge is 0.320 e. The molecule has 3 saturated carbocycles. The van der Waals surface area contributed by atoms with Gasteiger partial charge in [0.25, 0.3) is 0 Å². The summed E-state index contributed by atoms with van der Waals surface area (Å²) in [5.41, 5.74) is -3.18. The van der Waals surface area contributed by atoms with E-state index in [4.69, 9.17) is 18.9 Å². The molecule has 9 nitrogen and oxygen atoms in total. The van der Waals surface area contributed by atoms with Crippen LogP contribution in [0.4, 0.5) is 0 Å². The topological polar surface area (TPSA) is 129 Å². The number of ether oxygens (including phenoxy) is 4. The first kappa shape index (κ1) is 22.3. The summed E-state index contributed by atoms with van der Waals surface area (Å²) >= 11 is 0. The molecule has 5 rings (SSSR count). The summed E-state index contributed by atoms with van der Waals surface area (Å²) < 4.78 is 22.6. The van der Waals surface area contributed by atoms with Crippen molar-refractivity contribution in [2.75, 3.05) is 20.3 Å². The van der Waals surface area contributed by atoms with Gasteiger partial charge in [-0.3, -0.25) is 14.4 Å². The average Bonchev–Trinajstić information content (AvgIpc) is 3.15. The molecule has 10 atom stereocenters. The van der Waals surface area contributed by atoms with Crippen LogP contribution in [0.2, 0.25) is 0 Å². The first-order valence-electron chi connectivity index (χ1n) is 11.4. The molecule has 2 heterocycles. The normalized spacial score (nSPS) is 50.8. The van der Waals surface area contributed by atoms with Gasteiger partial charge in [0, 0.05) is 49.0 Å². The Kier molecular flexibility index (Phi) is 4.85. The third-order valence-corrected chi connectivity index (χ3v) is 9.26. The van der Waals surface area contributed by atoms with E-state index in [0.29, 0.717) is 12.8 Å². The fourth-order valence-electron chi connectivity index (χ4n) is 8.25. The monoisotopic (exact) mass is 452 g/mol. The van der Waals surface area contributed by atoms with Gasteiger partial charge in [0.05, 0.1) is 19.3 Å². The number of carbonyl (C=O) groups is 3. The predicted octanol–water partition coefficient (Wildman–Crippen LogP) is 0.443. The zero-order chi connectivity index (χ0) is 23.2. The maximum absolute atomic E-state index is 13.7. The minimum atomic E-state index is -1.47. The number of carbonyl (C=O) groups excluding carboxylic acids is 3. The van der Waals surface area contributed by atoms with Gasteiger partial charge >= 0.3 is 11.9 Å². The summed E-state index contributed by atoms with van der Waals surface area (Å²) in [6.07, 6.45) is -2.57. The number of fused-ring (bicyclic) bond motifs is 1. The molecule has 5 aliphatic rings. The molecule has 178 valence electrons. The lowest BCUT2D eigenvalue weighted by Crippen LogP contribution is -2.73. The average molecular weight is 453 g/mol. The van der Waals surface area contributed by atoms with E-state index in [9.17, 15) is 24.6 Å². The Morgan fingerprint density at radius 1 is 1.19 bits per heavy atom. The van der Waals surface area contributed by atoms with E-state index in [1.54, 1.807) is 0 Å². The number of Topliss-reactive ketones (excluding diaryl/α,β-unsaturated/α-hetero) is 1. The molecule has 3 aliphatic carbocycles. The van der Waals surface area contributed by atoms with Crippen LogP contribution >= 0.6 is 0 Å². The van der Waals surface area contributed by atoms with Crippen molar-refractivity contribution >= 4 is 17.7 Å². The predicted molar refractivity (Wildman–Crippen MR) is 107 cm³/mol. The van der Waals surface area contributed by atoms with Gasteiger partial charge < -0.3 is 29.2 Å². The molecule has 0 aromatic heterocycles. The van der Waals surface area contributed by atoms with Gasteiger partial charge in [0.2, 0.25) is 0 Å². The zero-order valence-electron chi connectivity index (χ0n) is 18.9. The lowest BCUT2D eigenvalue weighted by molar-refractivity contribution is -0.269. The Bertz CT molecular complexity index is 854. The number of hydrogen-bond donors (Lipinski definition) is 2. The van der Waals surface area contributed by atoms with Crippen LogP contribution in [0.25, 0.3) is 0 Å². The van der Waals surface area contributed by atoms with E-state index in [1.807, 2.05) is 13.8 Å². The number of esters is 2. The first-order chi connectivity index (χ1) is 15.0. The van der Waals surface area contributed by atoms with Gasteiger partial charge in [0.1, 0.15) is 17.6 Å². The summed E-state index contributed by atoms with van der Waals surface area (Å²) in [5, 5.41) is 22.4. The van der Waals surface area contributed by atoms with Crippen LogP contribution in [0.15, 0.2) is 0 Å². The van der Waals surface area contributed by atoms with Crippen LogP contribution in [0, 0.1) is 39.9 Å². The Labute approximate surface area is 186 Å². The summed E-state index contributed by atoms with van der Waals surface area (Å²) in [4.78, 5) is 39.1. The second-order valence-electron chi connectivity index (χ2n) is 11.0. The maximum atomic E-state index is 13.7. The lowest BCUT2D eigenvalue weighted by Gasteiger charge is -2.63. The second kappa shape index (κ2) is 6.98. The van der Waals surface area contributed by atoms with Crippen molar-refractivity contribution in [3.63, 3.8) is 0 Å². The van der Waals surface area contributed by atoms with E-state index >= 15 is 0 Å². The van der Waals surface area contributed by atoms with E-state index in [2.05, 4.69) is 0 Å². The SMILES string of the molecule is COC[C@@H]1C(=O)C23CC1C[C@@H](O)[C@@H]2C12CO[C@H](O)C1C(C)(C)[C@H](OC(C)=O)C[C@H]2OC3=O. The van der Waals surface area contributed by atoms with Gasteiger partial charge in [-0.05, 0) is 18.8 Å². The molecule has 0 aromatic rings. The van der Waals surface area contributed by atoms with Crippen LogP contribution < -0.4 is 0 Å². The molecule has 2 bridgehead atoms. The molecule has 5 fully saturated rings. The van der Waals surface area contributed by atoms with E-state index in [-0.39, 0.29) is 31.3 Å². The lowest BCUT2D eigenvalue weighted by atomic mass is 9.43. The number of methoxy groups -OCH3 is 1. The summed E-state index contributed by atoms with van der Waals surface area (Å²) in [5.74, 6) is -3.30. The molecular weight excluding hydrogens is 420 g/mol. The molecule has 0 aromatic carbocycles. The standard InChI is InChI=1S/C23H32O9/c1-10(24)31-14-6-15-23(9-30-19(27)17(23)21(14,2)3)16-13(25)5-11-7-22(16,20(28)32-15)18(26)12(11)8-29-4/h11-17,19,25,27H,5-9H2,1-4H3/t11?,12-,13+,14+,15+,16-,17?,19-,22?,23?/m0/s1. The minimum absolute atomic E-state index is 0.0589. The van der Waals surface area contributed by atoms with Crippen molar-refractivity contribution in [1.29, 1.82) is 0 Å². The largest absolute Gasteiger partial charge is 0.462 e. The van der Waals surface area contributed by atoms with E-state index in [0.717, 1.165) is 0 Å². The van der Waals surface area contributed by atoms with Crippen LogP contribution in [-0.2, 0) is 33.3 Å². The van der Waals surface area contributed by atoms with Gasteiger partial charge in [-0.25, -0.2) is 0 Å². The van der Waals surface area contributed by atoms with Crippen molar-refractivity contribution in [3.8, 4) is 0 Å². The van der Waals surface area contributed by atoms with Crippen molar-refractivity contribution in [2.45, 2.75) is 64.6 Å². The highest BCUT2D eigenvalue weighted by Crippen LogP contribution is 2.71. The number of hydrogen-bond acceptors (Lipinski definition) is 9. The summed E-state index contributed by atoms with van der Waals surface area (Å²) in [6, 6.07) is 0. The number of ketones is 1. The molecule has 0 radical (unpaired) electrons. The van der Waals surface area contributed by atoms with Crippen LogP contribution in [0.3, 0.4) is 0 Å². The summed E-state index contributed by atoms with van der Waals surface area (Å²) in [7, 11) is 1.52. The Hall–Kier alpha value is -1.55. The molecule has 32 heavy (non-hydrogen) atoms. The fourth-order valence-corrected chi connectivity index (χ4v) is 8.25. The van der Waals surface area contributed by atoms with Crippen molar-refractivity contribution in [2.24, 2.45) is 39.9 Å². The molecule has 2 aliphatic heterocycles. The number of aliphatic hydroxyl groups is 2. The van der Waals surface area contributed by atoms with Crippen LogP contribution in [0.5, 0.6) is 0 Å². The number of aliphatic hydroxyl groups excluding tert-OH is 2. The minimum Gasteiger partial charge on any atom is -0.462 e. The molecule has 4 unspecified atom stereocenters. The highest BCUT2D eigenvalue weighted by Gasteiger charge is 2.81. The Morgan fingerprint density at radius 3 is 2.56 bits per heavy atom. The third kappa shape index (κ3) is 2.51. The van der Waals surface area contributed by atoms with Crippen LogP contribution in [0.1, 0.15) is 40.0 Å². The van der Waals surface area contributed by atoms with Gasteiger partial charge in [-0.2, -0.15) is 0 Å². The number of rotatable bonds is 3. The molecular formula is C23H32O9. The van der Waals surface area contributed by atoms with E-state index < -0.39 is 70.5 Å². The van der Waals surface area contributed by atoms with Gasteiger partial charge in [-0.1, -0.05) is 13.8 Å². The van der Waals surface area contributed by atoms with Crippen molar-refractivity contribution in [3.05, 3.63) is 0 Å². The van der Waals surface area contributed by atoms with Crippen LogP contribution in [-0.4, -0.2) is 72.9 Å². The highest BCUT2D eigenvalue weighted by molar-refractivity contribution is 6.08. The first-order valence-corrected chi connectivity index (χ1v) is 11.4. The second-order valence-corrected chi connectivity index (χ2v) is 11.0. The highest BCUT2D eigenvalue weighted by atomic mass is 16.6. The molecule has 0 amide bonds. The molecule has 2 spiro atoms. The molecule has 2 saturated heterocycles. The van der Waals surface area contributed by atoms with E-state index in [1.165, 1.54) is 14.0 Å². The van der Waals surface area contributed by atoms with Crippen molar-refractivity contribution < 1.29 is 43.5 Å². The van der Waals surface area contributed by atoms with Gasteiger partial charge in [-0.15, -0.1) is 0 Å². The van der Waals surface area contributed by atoms with Crippen molar-refractivity contribution in [1.82, 2.24) is 0 Å². The Morgan fingerprint density at radius 2 is 1.91 bits per heavy atom. The quantitative estimate of drug-likeness (QED) is 0.463. The third-order valence-electron chi connectivity index (χ3n) is 9.26. The molecule has 9 heteroatoms. The maximum Gasteiger partial charge on any atom is 0.320 e. The summed E-state index contributed by atoms with van der Waals surface area (Å²) in [6.45, 7) is 5.36. The van der Waals surface area contributed by atoms with Gasteiger partial charge in [0.15, 0.2) is 12.1 Å².